The minimum absolute atomic E-state index is 0.195. The highest BCUT2D eigenvalue weighted by atomic mass is 19.4. The predicted octanol–water partition coefficient (Wildman–Crippen LogP) is 4.15. The minimum Gasteiger partial charge on any atom is -0.367 e. The summed E-state index contributed by atoms with van der Waals surface area (Å²) in [5.74, 6) is -1.75. The first kappa shape index (κ1) is 27.8. The van der Waals surface area contributed by atoms with Crippen molar-refractivity contribution in [1.82, 2.24) is 24.6 Å². The van der Waals surface area contributed by atoms with Crippen LogP contribution in [-0.2, 0) is 18.0 Å². The largest absolute Gasteiger partial charge is 0.417 e. The second kappa shape index (κ2) is 10.2. The molecule has 1 saturated heterocycles. The molecule has 1 amide bonds. The van der Waals surface area contributed by atoms with Crippen molar-refractivity contribution in [3.63, 3.8) is 0 Å². The fourth-order valence-electron chi connectivity index (χ4n) is 4.23. The minimum atomic E-state index is -4.73. The molecule has 0 aliphatic carbocycles. The maximum absolute atomic E-state index is 14.5. The van der Waals surface area contributed by atoms with Crippen molar-refractivity contribution in [3.05, 3.63) is 58.9 Å². The third kappa shape index (κ3) is 5.65. The van der Waals surface area contributed by atoms with E-state index in [0.29, 0.717) is 18.0 Å². The molecule has 2 atom stereocenters. The van der Waals surface area contributed by atoms with E-state index in [1.807, 2.05) is 0 Å². The van der Waals surface area contributed by atoms with Crippen molar-refractivity contribution in [2.45, 2.75) is 38.3 Å². The van der Waals surface area contributed by atoms with Gasteiger partial charge in [0.15, 0.2) is 5.69 Å². The van der Waals surface area contributed by atoms with Crippen LogP contribution in [0.15, 0.2) is 30.6 Å². The predicted molar refractivity (Wildman–Crippen MR) is 124 cm³/mol. The normalized spacial score (nSPS) is 19.0. The van der Waals surface area contributed by atoms with Crippen molar-refractivity contribution in [1.29, 1.82) is 5.26 Å². The van der Waals surface area contributed by atoms with Crippen molar-refractivity contribution in [3.8, 4) is 17.3 Å². The number of morpholine rings is 1. The summed E-state index contributed by atoms with van der Waals surface area (Å²) >= 11 is 0. The van der Waals surface area contributed by atoms with E-state index in [0.717, 1.165) is 17.2 Å². The average molecular weight is 553 g/mol. The molecule has 2 unspecified atom stereocenters. The molecule has 15 heteroatoms. The summed E-state index contributed by atoms with van der Waals surface area (Å²) in [6.07, 6.45) is -8.22. The van der Waals surface area contributed by atoms with Crippen LogP contribution in [0.5, 0.6) is 0 Å². The van der Waals surface area contributed by atoms with Gasteiger partial charge in [-0.05, 0) is 32.0 Å². The van der Waals surface area contributed by atoms with Crippen LogP contribution in [0.2, 0.25) is 0 Å². The molecule has 1 aliphatic rings. The van der Waals surface area contributed by atoms with Gasteiger partial charge in [-0.2, -0.15) is 32.3 Å². The molecule has 1 N–H and O–H groups in total. The molecular weight excluding hydrogens is 532 g/mol. The maximum atomic E-state index is 14.5. The SMILES string of the molecule is Cc1c(-c2ccc(F)cn2)c(C(=O)N2CC(F)(F)OC(C)C2CNc2ncc(C(F)(F)F)cc2C#N)nn1C. The number of halogens is 6. The van der Waals surface area contributed by atoms with Gasteiger partial charge in [-0.3, -0.25) is 14.5 Å². The van der Waals surface area contributed by atoms with E-state index in [2.05, 4.69) is 20.4 Å². The van der Waals surface area contributed by atoms with Gasteiger partial charge in [0.05, 0.1) is 40.7 Å². The summed E-state index contributed by atoms with van der Waals surface area (Å²) < 4.78 is 87.6. The molecule has 0 aromatic carbocycles. The molecule has 1 fully saturated rings. The number of nitrogens with one attached hydrogen (secondary N) is 1. The first-order chi connectivity index (χ1) is 18.2. The molecular formula is C24H21F6N7O2. The third-order valence-corrected chi connectivity index (χ3v) is 6.25. The Kier molecular flexibility index (Phi) is 7.26. The lowest BCUT2D eigenvalue weighted by Crippen LogP contribution is -2.61. The van der Waals surface area contributed by atoms with E-state index in [1.165, 1.54) is 24.7 Å². The molecule has 4 rings (SSSR count). The molecule has 3 aromatic heterocycles. The van der Waals surface area contributed by atoms with Gasteiger partial charge in [0.25, 0.3) is 5.91 Å². The smallest absolute Gasteiger partial charge is 0.367 e. The van der Waals surface area contributed by atoms with Crippen LogP contribution < -0.4 is 5.32 Å². The van der Waals surface area contributed by atoms with Crippen LogP contribution in [0.1, 0.15) is 34.2 Å². The van der Waals surface area contributed by atoms with E-state index in [4.69, 9.17) is 4.74 Å². The number of ether oxygens (including phenoxy) is 1. The summed E-state index contributed by atoms with van der Waals surface area (Å²) in [4.78, 5) is 22.2. The topological polar surface area (TPSA) is 109 Å². The van der Waals surface area contributed by atoms with Crippen LogP contribution in [-0.4, -0.2) is 61.9 Å². The highest BCUT2D eigenvalue weighted by molar-refractivity contribution is 5.99. The standard InChI is InChI=1S/C24H21F6N7O2/c1-12-19(17-5-4-16(25)9-32-17)20(35-36(12)3)22(38)37-11-23(26,27)39-13(2)18(37)10-34-21-14(7-31)6-15(8-33-21)24(28,29)30/h4-6,8-9,13,18H,10-11H2,1-3H3,(H,33,34). The van der Waals surface area contributed by atoms with Gasteiger partial charge in [0, 0.05) is 25.5 Å². The van der Waals surface area contributed by atoms with Crippen LogP contribution in [0, 0.1) is 24.1 Å². The maximum Gasteiger partial charge on any atom is 0.417 e. The molecule has 4 heterocycles. The molecule has 0 saturated carbocycles. The Hall–Kier alpha value is -4.19. The van der Waals surface area contributed by atoms with Crippen LogP contribution in [0.25, 0.3) is 11.3 Å². The van der Waals surface area contributed by atoms with Crippen molar-refractivity contribution in [2.75, 3.05) is 18.4 Å². The van der Waals surface area contributed by atoms with Crippen LogP contribution >= 0.6 is 0 Å². The van der Waals surface area contributed by atoms with Gasteiger partial charge in [-0.25, -0.2) is 9.37 Å². The molecule has 0 bridgehead atoms. The molecule has 0 spiro atoms. The molecule has 0 radical (unpaired) electrons. The quantitative estimate of drug-likeness (QED) is 0.473. The van der Waals surface area contributed by atoms with Gasteiger partial charge < -0.3 is 15.0 Å². The zero-order valence-electron chi connectivity index (χ0n) is 20.7. The Morgan fingerprint density at radius 3 is 2.62 bits per heavy atom. The zero-order chi connectivity index (χ0) is 28.7. The number of alkyl halides is 5. The van der Waals surface area contributed by atoms with E-state index in [1.54, 1.807) is 13.0 Å². The summed E-state index contributed by atoms with van der Waals surface area (Å²) in [6, 6.07) is 3.59. The lowest BCUT2D eigenvalue weighted by Gasteiger charge is -2.43. The molecule has 1 aliphatic heterocycles. The fourth-order valence-corrected chi connectivity index (χ4v) is 4.23. The van der Waals surface area contributed by atoms with E-state index in [9.17, 15) is 36.4 Å². The number of hydrogen-bond donors (Lipinski definition) is 1. The Bertz CT molecular complexity index is 1430. The highest BCUT2D eigenvalue weighted by Gasteiger charge is 2.48. The lowest BCUT2D eigenvalue weighted by molar-refractivity contribution is -0.298. The Morgan fingerprint density at radius 2 is 2.00 bits per heavy atom. The van der Waals surface area contributed by atoms with Gasteiger partial charge in [-0.15, -0.1) is 0 Å². The number of carbonyl (C=O) groups is 1. The second-order valence-electron chi connectivity index (χ2n) is 8.87. The van der Waals surface area contributed by atoms with E-state index < -0.39 is 53.8 Å². The van der Waals surface area contributed by atoms with E-state index >= 15 is 0 Å². The van der Waals surface area contributed by atoms with Crippen LogP contribution in [0.4, 0.5) is 32.2 Å². The number of pyridine rings is 2. The number of aryl methyl sites for hydroxylation is 1. The van der Waals surface area contributed by atoms with Gasteiger partial charge in [0.2, 0.25) is 0 Å². The van der Waals surface area contributed by atoms with Gasteiger partial charge in [-0.1, -0.05) is 0 Å². The number of amides is 1. The van der Waals surface area contributed by atoms with Gasteiger partial charge >= 0.3 is 12.3 Å². The summed E-state index contributed by atoms with van der Waals surface area (Å²) in [7, 11) is 1.54. The number of rotatable bonds is 5. The lowest BCUT2D eigenvalue weighted by atomic mass is 10.0. The number of carbonyl (C=O) groups excluding carboxylic acids is 1. The van der Waals surface area contributed by atoms with Crippen molar-refractivity contribution in [2.24, 2.45) is 7.05 Å². The number of anilines is 1. The first-order valence-electron chi connectivity index (χ1n) is 11.4. The van der Waals surface area contributed by atoms with Crippen molar-refractivity contribution >= 4 is 11.7 Å². The van der Waals surface area contributed by atoms with E-state index in [-0.39, 0.29) is 29.3 Å². The monoisotopic (exact) mass is 553 g/mol. The second-order valence-corrected chi connectivity index (χ2v) is 8.87. The summed E-state index contributed by atoms with van der Waals surface area (Å²) in [6.45, 7) is 1.47. The van der Waals surface area contributed by atoms with Gasteiger partial charge in [0.1, 0.15) is 24.2 Å². The highest BCUT2D eigenvalue weighted by Crippen LogP contribution is 2.34. The Balaban J connectivity index is 1.68. The molecule has 206 valence electrons. The average Bonchev–Trinajstić information content (AvgIpc) is 3.16. The molecule has 9 nitrogen and oxygen atoms in total. The summed E-state index contributed by atoms with van der Waals surface area (Å²) in [5.41, 5.74) is -0.902. The van der Waals surface area contributed by atoms with Crippen molar-refractivity contribution < 1.29 is 35.9 Å². The number of aromatic nitrogens is 4. The number of nitriles is 1. The third-order valence-electron chi connectivity index (χ3n) is 6.25. The molecule has 39 heavy (non-hydrogen) atoms. The molecule has 3 aromatic rings. The Morgan fingerprint density at radius 1 is 1.28 bits per heavy atom. The fraction of sp³-hybridized carbons (Fsp3) is 0.375. The Labute approximate surface area is 218 Å². The number of nitrogens with zero attached hydrogens (tertiary/aromatic N) is 6. The first-order valence-corrected chi connectivity index (χ1v) is 11.4. The van der Waals surface area contributed by atoms with Crippen LogP contribution in [0.3, 0.4) is 0 Å². The zero-order valence-corrected chi connectivity index (χ0v) is 20.7. The summed E-state index contributed by atoms with van der Waals surface area (Å²) in [5, 5.41) is 16.2. The number of hydrogen-bond acceptors (Lipinski definition) is 7.